The number of sulfonamides is 1. The first kappa shape index (κ1) is 15.3. The largest absolute Gasteiger partial charge is 0.383 e. The molecule has 0 N–H and O–H groups in total. The van der Waals surface area contributed by atoms with Gasteiger partial charge in [0, 0.05) is 27.7 Å². The molecule has 0 aromatic carbocycles. The van der Waals surface area contributed by atoms with Crippen LogP contribution in [-0.2, 0) is 19.6 Å². The summed E-state index contributed by atoms with van der Waals surface area (Å²) in [5.74, 6) is -0.259. The van der Waals surface area contributed by atoms with Crippen LogP contribution < -0.4 is 0 Å². The third-order valence-corrected chi connectivity index (χ3v) is 3.94. The van der Waals surface area contributed by atoms with Crippen molar-refractivity contribution >= 4 is 15.9 Å². The second kappa shape index (κ2) is 6.82. The number of carbonyl (C=O) groups is 1. The molecule has 96 valence electrons. The molecule has 0 aliphatic rings. The predicted octanol–water partition coefficient (Wildman–Crippen LogP) is -0.627. The molecule has 0 aliphatic heterocycles. The molecule has 7 heteroatoms. The zero-order valence-electron chi connectivity index (χ0n) is 10.3. The lowest BCUT2D eigenvalue weighted by molar-refractivity contribution is -0.128. The van der Waals surface area contributed by atoms with E-state index in [2.05, 4.69) is 0 Å². The van der Waals surface area contributed by atoms with Crippen LogP contribution in [0.25, 0.3) is 0 Å². The summed E-state index contributed by atoms with van der Waals surface area (Å²) in [7, 11) is 1.32. The van der Waals surface area contributed by atoms with E-state index in [9.17, 15) is 13.2 Å². The van der Waals surface area contributed by atoms with Gasteiger partial charge in [-0.05, 0) is 6.92 Å². The lowest BCUT2D eigenvalue weighted by Crippen LogP contribution is -2.42. The normalized spacial score (nSPS) is 11.8. The summed E-state index contributed by atoms with van der Waals surface area (Å²) in [5.41, 5.74) is 0. The van der Waals surface area contributed by atoms with Crippen LogP contribution in [0.1, 0.15) is 6.92 Å². The van der Waals surface area contributed by atoms with Crippen molar-refractivity contribution in [1.29, 1.82) is 0 Å². The zero-order valence-corrected chi connectivity index (χ0v) is 11.1. The first-order valence-corrected chi connectivity index (χ1v) is 6.63. The fourth-order valence-electron chi connectivity index (χ4n) is 0.984. The van der Waals surface area contributed by atoms with Gasteiger partial charge in [0.25, 0.3) is 0 Å². The van der Waals surface area contributed by atoms with E-state index < -0.39 is 10.0 Å². The Bertz CT molecular complexity index is 313. The van der Waals surface area contributed by atoms with Gasteiger partial charge in [-0.1, -0.05) is 0 Å². The minimum Gasteiger partial charge on any atom is -0.383 e. The lowest BCUT2D eigenvalue weighted by atomic mass is 10.5. The van der Waals surface area contributed by atoms with Crippen LogP contribution in [0.3, 0.4) is 0 Å². The molecule has 16 heavy (non-hydrogen) atoms. The Morgan fingerprint density at radius 1 is 1.31 bits per heavy atom. The Morgan fingerprint density at radius 3 is 2.25 bits per heavy atom. The maximum atomic E-state index is 11.7. The molecule has 0 radical (unpaired) electrons. The summed E-state index contributed by atoms with van der Waals surface area (Å²) >= 11 is 0. The predicted molar refractivity (Wildman–Crippen MR) is 61.6 cm³/mol. The summed E-state index contributed by atoms with van der Waals surface area (Å²) in [4.78, 5) is 12.8. The van der Waals surface area contributed by atoms with E-state index in [1.165, 1.54) is 12.0 Å². The van der Waals surface area contributed by atoms with Gasteiger partial charge in [-0.3, -0.25) is 4.79 Å². The van der Waals surface area contributed by atoms with Crippen molar-refractivity contribution in [2.75, 3.05) is 46.7 Å². The average Bonchev–Trinajstić information content (AvgIpc) is 2.23. The number of nitrogens with zero attached hydrogens (tertiary/aromatic N) is 2. The molecule has 6 nitrogen and oxygen atoms in total. The monoisotopic (exact) mass is 252 g/mol. The van der Waals surface area contributed by atoms with E-state index in [-0.39, 0.29) is 31.4 Å². The van der Waals surface area contributed by atoms with Gasteiger partial charge in [0.2, 0.25) is 15.9 Å². The Hall–Kier alpha value is -0.660. The van der Waals surface area contributed by atoms with Crippen molar-refractivity contribution < 1.29 is 17.9 Å². The number of hydrogen-bond donors (Lipinski definition) is 0. The number of likely N-dealkylation sites (N-methyl/N-ethyl adjacent to an activating group) is 1. The molecule has 0 rings (SSSR count). The summed E-state index contributed by atoms with van der Waals surface area (Å²) < 4.78 is 29.3. The highest BCUT2D eigenvalue weighted by molar-refractivity contribution is 7.89. The van der Waals surface area contributed by atoms with Gasteiger partial charge in [-0.25, -0.2) is 8.42 Å². The van der Waals surface area contributed by atoms with Crippen molar-refractivity contribution in [3.8, 4) is 0 Å². The minimum atomic E-state index is -3.36. The number of amides is 1. The molecule has 0 heterocycles. The fraction of sp³-hybridized carbons (Fsp3) is 0.889. The third-order valence-electron chi connectivity index (χ3n) is 2.11. The van der Waals surface area contributed by atoms with E-state index >= 15 is 0 Å². The van der Waals surface area contributed by atoms with E-state index in [0.717, 1.165) is 4.31 Å². The topological polar surface area (TPSA) is 66.9 Å². The quantitative estimate of drug-likeness (QED) is 0.605. The van der Waals surface area contributed by atoms with E-state index in [1.807, 2.05) is 0 Å². The Morgan fingerprint density at radius 2 is 1.88 bits per heavy atom. The molecule has 0 fully saturated rings. The third kappa shape index (κ3) is 4.91. The highest BCUT2D eigenvalue weighted by atomic mass is 32.2. The summed E-state index contributed by atoms with van der Waals surface area (Å²) in [5, 5.41) is 0. The van der Waals surface area contributed by atoms with Crippen molar-refractivity contribution in [1.82, 2.24) is 9.21 Å². The van der Waals surface area contributed by atoms with Gasteiger partial charge in [0.1, 0.15) is 0 Å². The van der Waals surface area contributed by atoms with Gasteiger partial charge in [-0.15, -0.1) is 0 Å². The number of ether oxygens (including phenoxy) is 1. The van der Waals surface area contributed by atoms with Crippen molar-refractivity contribution in [2.45, 2.75) is 6.92 Å². The highest BCUT2D eigenvalue weighted by Gasteiger charge is 2.22. The molecular formula is C9H20N2O4S. The average molecular weight is 252 g/mol. The summed E-state index contributed by atoms with van der Waals surface area (Å²) in [6.45, 7) is 1.90. The standard InChI is InChI=1S/C9H20N2O4S/c1-5-16(13,14)11(6-7-15-4)8-9(12)10(2)3/h5-8H2,1-4H3. The number of hydrogen-bond acceptors (Lipinski definition) is 4. The fourth-order valence-corrected chi connectivity index (χ4v) is 2.01. The molecule has 0 aromatic heterocycles. The van der Waals surface area contributed by atoms with Gasteiger partial charge in [-0.2, -0.15) is 4.31 Å². The molecule has 0 spiro atoms. The van der Waals surface area contributed by atoms with Crippen LogP contribution >= 0.6 is 0 Å². The van der Waals surface area contributed by atoms with Crippen molar-refractivity contribution in [3.63, 3.8) is 0 Å². The number of carbonyl (C=O) groups excluding carboxylic acids is 1. The molecule has 0 atom stereocenters. The summed E-state index contributed by atoms with van der Waals surface area (Å²) in [6.07, 6.45) is 0. The van der Waals surface area contributed by atoms with Gasteiger partial charge < -0.3 is 9.64 Å². The van der Waals surface area contributed by atoms with Crippen LogP contribution in [0.2, 0.25) is 0 Å². The first-order valence-electron chi connectivity index (χ1n) is 5.02. The van der Waals surface area contributed by atoms with Gasteiger partial charge in [0.15, 0.2) is 0 Å². The Labute approximate surface area is 97.2 Å². The highest BCUT2D eigenvalue weighted by Crippen LogP contribution is 2.02. The van der Waals surface area contributed by atoms with E-state index in [0.29, 0.717) is 0 Å². The Kier molecular flexibility index (Phi) is 6.54. The maximum Gasteiger partial charge on any atom is 0.237 e. The van der Waals surface area contributed by atoms with E-state index in [4.69, 9.17) is 4.74 Å². The van der Waals surface area contributed by atoms with Crippen molar-refractivity contribution in [3.05, 3.63) is 0 Å². The maximum absolute atomic E-state index is 11.7. The molecule has 0 aromatic rings. The Balaban J connectivity index is 4.62. The minimum absolute atomic E-state index is 0.0164. The zero-order chi connectivity index (χ0) is 12.8. The van der Waals surface area contributed by atoms with Crippen LogP contribution in [0.15, 0.2) is 0 Å². The van der Waals surface area contributed by atoms with Crippen LogP contribution in [0.5, 0.6) is 0 Å². The van der Waals surface area contributed by atoms with Gasteiger partial charge in [0.05, 0.1) is 18.9 Å². The van der Waals surface area contributed by atoms with Crippen molar-refractivity contribution in [2.24, 2.45) is 0 Å². The molecule has 0 bridgehead atoms. The van der Waals surface area contributed by atoms with Crippen LogP contribution in [-0.4, -0.2) is 70.2 Å². The van der Waals surface area contributed by atoms with Gasteiger partial charge >= 0.3 is 0 Å². The van der Waals surface area contributed by atoms with Crippen LogP contribution in [0, 0.1) is 0 Å². The first-order chi connectivity index (χ1) is 7.35. The molecule has 1 amide bonds. The summed E-state index contributed by atoms with van der Waals surface area (Å²) in [6, 6.07) is 0. The SMILES string of the molecule is CCS(=O)(=O)N(CCOC)CC(=O)N(C)C. The number of methoxy groups -OCH3 is 1. The molecule has 0 unspecified atom stereocenters. The smallest absolute Gasteiger partial charge is 0.237 e. The second-order valence-corrected chi connectivity index (χ2v) is 5.77. The number of rotatable bonds is 7. The van der Waals surface area contributed by atoms with E-state index in [1.54, 1.807) is 21.0 Å². The molecular weight excluding hydrogens is 232 g/mol. The van der Waals surface area contributed by atoms with Crippen LogP contribution in [0.4, 0.5) is 0 Å². The molecule has 0 saturated heterocycles. The second-order valence-electron chi connectivity index (χ2n) is 3.52. The molecule has 0 saturated carbocycles. The lowest BCUT2D eigenvalue weighted by Gasteiger charge is -2.22. The molecule has 0 aliphatic carbocycles.